The van der Waals surface area contributed by atoms with Crippen molar-refractivity contribution in [2.24, 2.45) is 0 Å². The molecule has 74 valence electrons. The van der Waals surface area contributed by atoms with Crippen LogP contribution in [0.1, 0.15) is 6.42 Å². The lowest BCUT2D eigenvalue weighted by molar-refractivity contribution is -0.126. The van der Waals surface area contributed by atoms with Crippen LogP contribution >= 0.6 is 11.6 Å². The van der Waals surface area contributed by atoms with Gasteiger partial charge in [-0.2, -0.15) is 13.2 Å². The fourth-order valence-electron chi connectivity index (χ4n) is 0.678. The molecule has 0 nitrogen and oxygen atoms in total. The Morgan fingerprint density at radius 2 is 1.92 bits per heavy atom. The molecule has 0 N–H and O–H groups in total. The lowest BCUT2D eigenvalue weighted by Gasteiger charge is -2.06. The summed E-state index contributed by atoms with van der Waals surface area (Å²) in [7, 11) is 0. The van der Waals surface area contributed by atoms with Crippen molar-refractivity contribution in [1.82, 2.24) is 0 Å². The Bertz CT molecular complexity index is 213. The minimum absolute atomic E-state index is 0.110. The molecule has 0 aromatic heterocycles. The van der Waals surface area contributed by atoms with Crippen molar-refractivity contribution in [3.8, 4) is 0 Å². The highest BCUT2D eigenvalue weighted by Gasteiger charge is 2.28. The Hall–Kier alpha value is -0.700. The molecule has 0 atom stereocenters. The third-order valence-corrected chi connectivity index (χ3v) is 1.52. The SMILES string of the molecule is C=C/C=C\C=C(/CCl)CC(F)(F)F. The van der Waals surface area contributed by atoms with E-state index in [1.807, 2.05) is 0 Å². The van der Waals surface area contributed by atoms with Gasteiger partial charge in [0.2, 0.25) is 0 Å². The smallest absolute Gasteiger partial charge is 0.171 e. The van der Waals surface area contributed by atoms with Gasteiger partial charge in [0.05, 0.1) is 6.42 Å². The number of rotatable bonds is 4. The summed E-state index contributed by atoms with van der Waals surface area (Å²) in [5, 5.41) is 0. The summed E-state index contributed by atoms with van der Waals surface area (Å²) in [4.78, 5) is 0. The molecule has 0 rings (SSSR count). The first-order chi connectivity index (χ1) is 5.99. The zero-order valence-electron chi connectivity index (χ0n) is 6.94. The van der Waals surface area contributed by atoms with Gasteiger partial charge in [0.15, 0.2) is 0 Å². The van der Waals surface area contributed by atoms with Crippen LogP contribution in [0.15, 0.2) is 36.5 Å². The van der Waals surface area contributed by atoms with E-state index < -0.39 is 12.6 Å². The third kappa shape index (κ3) is 7.65. The first-order valence-corrected chi connectivity index (χ1v) is 4.13. The van der Waals surface area contributed by atoms with Gasteiger partial charge in [-0.3, -0.25) is 0 Å². The van der Waals surface area contributed by atoms with Crippen molar-refractivity contribution in [1.29, 1.82) is 0 Å². The summed E-state index contributed by atoms with van der Waals surface area (Å²) in [6, 6.07) is 0. The van der Waals surface area contributed by atoms with Crippen molar-refractivity contribution in [3.05, 3.63) is 36.5 Å². The Kier molecular flexibility index (Phi) is 5.55. The fourth-order valence-corrected chi connectivity index (χ4v) is 0.862. The van der Waals surface area contributed by atoms with E-state index in [9.17, 15) is 13.2 Å². The Morgan fingerprint density at radius 3 is 2.31 bits per heavy atom. The average molecular weight is 211 g/mol. The minimum Gasteiger partial charge on any atom is -0.171 e. The van der Waals surface area contributed by atoms with Crippen LogP contribution in [-0.2, 0) is 0 Å². The molecule has 0 bridgehead atoms. The molecule has 0 fully saturated rings. The topological polar surface area (TPSA) is 0 Å². The van der Waals surface area contributed by atoms with Crippen molar-refractivity contribution in [2.75, 3.05) is 5.88 Å². The summed E-state index contributed by atoms with van der Waals surface area (Å²) < 4.78 is 35.6. The van der Waals surface area contributed by atoms with Gasteiger partial charge in [-0.05, 0) is 5.57 Å². The van der Waals surface area contributed by atoms with Crippen LogP contribution in [0.4, 0.5) is 13.2 Å². The van der Waals surface area contributed by atoms with Crippen LogP contribution < -0.4 is 0 Å². The van der Waals surface area contributed by atoms with Crippen molar-refractivity contribution >= 4 is 11.6 Å². The molecule has 0 aliphatic rings. The van der Waals surface area contributed by atoms with Crippen molar-refractivity contribution < 1.29 is 13.2 Å². The number of hydrogen-bond donors (Lipinski definition) is 0. The van der Waals surface area contributed by atoms with Gasteiger partial charge in [0.1, 0.15) is 0 Å². The van der Waals surface area contributed by atoms with Crippen LogP contribution in [0.25, 0.3) is 0 Å². The highest BCUT2D eigenvalue weighted by Crippen LogP contribution is 2.24. The van der Waals surface area contributed by atoms with Gasteiger partial charge in [0, 0.05) is 5.88 Å². The normalized spacial score (nSPS) is 13.7. The fraction of sp³-hybridized carbons (Fsp3) is 0.333. The second-order valence-electron chi connectivity index (χ2n) is 2.37. The minimum atomic E-state index is -4.19. The first-order valence-electron chi connectivity index (χ1n) is 3.59. The molecule has 0 aliphatic heterocycles. The molecule has 13 heavy (non-hydrogen) atoms. The highest BCUT2D eigenvalue weighted by molar-refractivity contribution is 6.19. The lowest BCUT2D eigenvalue weighted by Crippen LogP contribution is -2.09. The molecule has 0 radical (unpaired) electrons. The van der Waals surface area contributed by atoms with Crippen LogP contribution in [0, 0.1) is 0 Å². The number of hydrogen-bond acceptors (Lipinski definition) is 0. The van der Waals surface area contributed by atoms with E-state index in [2.05, 4.69) is 6.58 Å². The van der Waals surface area contributed by atoms with E-state index in [0.29, 0.717) is 0 Å². The van der Waals surface area contributed by atoms with Gasteiger partial charge >= 0.3 is 6.18 Å². The standard InChI is InChI=1S/C9H10ClF3/c1-2-3-4-5-8(7-10)6-9(11,12)13/h2-5H,1,6-7H2/b4-3-,8-5-. The van der Waals surface area contributed by atoms with E-state index in [1.54, 1.807) is 6.08 Å². The molecule has 0 heterocycles. The molecule has 4 heteroatoms. The molecule has 0 saturated heterocycles. The first kappa shape index (κ1) is 12.3. The number of halogens is 4. The third-order valence-electron chi connectivity index (χ3n) is 1.18. The quantitative estimate of drug-likeness (QED) is 0.489. The second-order valence-corrected chi connectivity index (χ2v) is 2.64. The predicted octanol–water partition coefficient (Wildman–Crippen LogP) is 3.85. The van der Waals surface area contributed by atoms with Crippen LogP contribution in [0.3, 0.4) is 0 Å². The Morgan fingerprint density at radius 1 is 1.31 bits per heavy atom. The molecule has 0 aromatic carbocycles. The lowest BCUT2D eigenvalue weighted by atomic mass is 10.2. The van der Waals surface area contributed by atoms with E-state index in [0.717, 1.165) is 0 Å². The van der Waals surface area contributed by atoms with Crippen molar-refractivity contribution in [2.45, 2.75) is 12.6 Å². The summed E-state index contributed by atoms with van der Waals surface area (Å²) in [5.74, 6) is -0.110. The van der Waals surface area contributed by atoms with Crippen LogP contribution in [-0.4, -0.2) is 12.1 Å². The van der Waals surface area contributed by atoms with E-state index in [4.69, 9.17) is 11.6 Å². The zero-order chi connectivity index (χ0) is 10.3. The monoisotopic (exact) mass is 210 g/mol. The molecule has 0 aromatic rings. The van der Waals surface area contributed by atoms with Gasteiger partial charge in [-0.15, -0.1) is 11.6 Å². The number of allylic oxidation sites excluding steroid dienone is 5. The molecule has 0 unspecified atom stereocenters. The maximum absolute atomic E-state index is 11.9. The Labute approximate surface area is 80.4 Å². The molecule has 0 spiro atoms. The van der Waals surface area contributed by atoms with Gasteiger partial charge in [0.25, 0.3) is 0 Å². The maximum Gasteiger partial charge on any atom is 0.392 e. The molecule has 0 aliphatic carbocycles. The van der Waals surface area contributed by atoms with E-state index in [-0.39, 0.29) is 11.5 Å². The van der Waals surface area contributed by atoms with Crippen LogP contribution in [0.5, 0.6) is 0 Å². The molecule has 0 saturated carbocycles. The van der Waals surface area contributed by atoms with Gasteiger partial charge in [-0.25, -0.2) is 0 Å². The summed E-state index contributed by atoms with van der Waals surface area (Å²) >= 11 is 5.32. The molecule has 0 amide bonds. The van der Waals surface area contributed by atoms with Gasteiger partial charge < -0.3 is 0 Å². The van der Waals surface area contributed by atoms with E-state index >= 15 is 0 Å². The molecular weight excluding hydrogens is 201 g/mol. The predicted molar refractivity (Wildman–Crippen MR) is 48.8 cm³/mol. The highest BCUT2D eigenvalue weighted by atomic mass is 35.5. The van der Waals surface area contributed by atoms with E-state index in [1.165, 1.54) is 18.2 Å². The molecular formula is C9H10ClF3. The summed E-state index contributed by atoms with van der Waals surface area (Å²) in [5.41, 5.74) is 0.146. The average Bonchev–Trinajstić information content (AvgIpc) is 2.01. The van der Waals surface area contributed by atoms with Crippen molar-refractivity contribution in [3.63, 3.8) is 0 Å². The Balaban J connectivity index is 4.25. The summed E-state index contributed by atoms with van der Waals surface area (Å²) in [6.45, 7) is 3.39. The number of alkyl halides is 4. The summed E-state index contributed by atoms with van der Waals surface area (Å²) in [6.07, 6.45) is 0.707. The van der Waals surface area contributed by atoms with Crippen LogP contribution in [0.2, 0.25) is 0 Å². The maximum atomic E-state index is 11.9. The zero-order valence-corrected chi connectivity index (χ0v) is 7.70. The van der Waals surface area contributed by atoms with Gasteiger partial charge in [-0.1, -0.05) is 30.9 Å². The largest absolute Gasteiger partial charge is 0.392 e. The second kappa shape index (κ2) is 5.86.